The lowest BCUT2D eigenvalue weighted by Gasteiger charge is -2.06. The van der Waals surface area contributed by atoms with Gasteiger partial charge in [0.1, 0.15) is 4.83 Å². The number of carbonyl (C=O) groups excluding carboxylic acids is 2. The zero-order valence-corrected chi connectivity index (χ0v) is 10.5. The number of hydrogen-bond acceptors (Lipinski definition) is 2. The molecule has 2 rings (SSSR count). The summed E-state index contributed by atoms with van der Waals surface area (Å²) >= 11 is 3.15. The summed E-state index contributed by atoms with van der Waals surface area (Å²) in [5.74, 6) is -0.492. The van der Waals surface area contributed by atoms with E-state index in [1.807, 2.05) is 6.07 Å². The molecule has 86 valence electrons. The fraction of sp³-hybridized carbons (Fsp3) is 0.0769. The summed E-state index contributed by atoms with van der Waals surface area (Å²) < 4.78 is 0. The predicted molar refractivity (Wildman–Crippen MR) is 68.6 cm³/mol. The second-order valence-electron chi connectivity index (χ2n) is 3.54. The molecule has 4 heteroatoms. The van der Waals surface area contributed by atoms with Gasteiger partial charge in [0.2, 0.25) is 0 Å². The largest absolute Gasteiger partial charge is 0.359 e. The van der Waals surface area contributed by atoms with E-state index in [0.29, 0.717) is 11.3 Å². The third-order valence-corrected chi connectivity index (χ3v) is 3.21. The maximum atomic E-state index is 12.0. The zero-order valence-electron chi connectivity index (χ0n) is 8.89. The number of rotatable bonds is 4. The molecule has 17 heavy (non-hydrogen) atoms. The Morgan fingerprint density at radius 2 is 1.71 bits per heavy atom. The minimum atomic E-state index is -0.844. The molecule has 1 aromatic heterocycles. The molecule has 0 fully saturated rings. The topological polar surface area (TPSA) is 49.9 Å². The Balaban J connectivity index is 2.19. The summed E-state index contributed by atoms with van der Waals surface area (Å²) in [6.45, 7) is 0. The van der Waals surface area contributed by atoms with Crippen molar-refractivity contribution in [2.75, 3.05) is 0 Å². The van der Waals surface area contributed by atoms with Crippen LogP contribution >= 0.6 is 15.9 Å². The first-order chi connectivity index (χ1) is 8.20. The van der Waals surface area contributed by atoms with Crippen LogP contribution in [-0.4, -0.2) is 21.4 Å². The van der Waals surface area contributed by atoms with Gasteiger partial charge < -0.3 is 4.98 Å². The molecule has 1 aromatic carbocycles. The van der Waals surface area contributed by atoms with Crippen LogP contribution in [0.4, 0.5) is 0 Å². The third-order valence-electron chi connectivity index (χ3n) is 2.38. The van der Waals surface area contributed by atoms with Crippen molar-refractivity contribution < 1.29 is 9.59 Å². The quantitative estimate of drug-likeness (QED) is 0.535. The number of Topliss-reactive ketones (excluding diaryl/α,β-unsaturated/α-hetero) is 2. The predicted octanol–water partition coefficient (Wildman–Crippen LogP) is 2.84. The van der Waals surface area contributed by atoms with E-state index in [0.717, 1.165) is 0 Å². The van der Waals surface area contributed by atoms with Gasteiger partial charge in [0.25, 0.3) is 0 Å². The van der Waals surface area contributed by atoms with Crippen molar-refractivity contribution in [2.24, 2.45) is 0 Å². The monoisotopic (exact) mass is 291 g/mol. The molecule has 1 unspecified atom stereocenters. The minimum Gasteiger partial charge on any atom is -0.359 e. The van der Waals surface area contributed by atoms with Crippen molar-refractivity contribution in [3.05, 3.63) is 59.9 Å². The van der Waals surface area contributed by atoms with Crippen LogP contribution in [-0.2, 0) is 0 Å². The number of halogens is 1. The van der Waals surface area contributed by atoms with Gasteiger partial charge in [0.15, 0.2) is 11.6 Å². The number of aromatic amines is 1. The van der Waals surface area contributed by atoms with Crippen LogP contribution in [0.1, 0.15) is 20.8 Å². The summed E-state index contributed by atoms with van der Waals surface area (Å²) in [6.07, 6.45) is 1.65. The van der Waals surface area contributed by atoms with Crippen LogP contribution in [0, 0.1) is 0 Å². The van der Waals surface area contributed by atoms with E-state index in [9.17, 15) is 9.59 Å². The van der Waals surface area contributed by atoms with Gasteiger partial charge in [-0.1, -0.05) is 46.3 Å². The molecule has 1 atom stereocenters. The molecule has 0 radical (unpaired) electrons. The van der Waals surface area contributed by atoms with Gasteiger partial charge in [-0.05, 0) is 12.1 Å². The molecule has 1 N–H and O–H groups in total. The molecule has 0 bridgehead atoms. The first-order valence-corrected chi connectivity index (χ1v) is 6.02. The van der Waals surface area contributed by atoms with Crippen LogP contribution in [0.15, 0.2) is 48.7 Å². The summed E-state index contributed by atoms with van der Waals surface area (Å²) in [5, 5.41) is 0. The molecule has 1 heterocycles. The van der Waals surface area contributed by atoms with Gasteiger partial charge in [-0.3, -0.25) is 9.59 Å². The van der Waals surface area contributed by atoms with Gasteiger partial charge in [0, 0.05) is 11.8 Å². The number of H-pyrrole nitrogens is 1. The van der Waals surface area contributed by atoms with Gasteiger partial charge in [-0.2, -0.15) is 0 Å². The van der Waals surface area contributed by atoms with E-state index in [2.05, 4.69) is 20.9 Å². The maximum Gasteiger partial charge on any atom is 0.200 e. The number of nitrogens with one attached hydrogen (secondary N) is 1. The lowest BCUT2D eigenvalue weighted by molar-refractivity contribution is 0.0904. The first kappa shape index (κ1) is 11.8. The summed E-state index contributed by atoms with van der Waals surface area (Å²) in [5.41, 5.74) is 0.949. The van der Waals surface area contributed by atoms with E-state index in [-0.39, 0.29) is 11.6 Å². The molecule has 0 spiro atoms. The summed E-state index contributed by atoms with van der Waals surface area (Å²) in [7, 11) is 0. The van der Waals surface area contributed by atoms with Gasteiger partial charge >= 0.3 is 0 Å². The Kier molecular flexibility index (Phi) is 3.54. The highest BCUT2D eigenvalue weighted by Crippen LogP contribution is 2.14. The van der Waals surface area contributed by atoms with Crippen molar-refractivity contribution in [1.82, 2.24) is 4.98 Å². The van der Waals surface area contributed by atoms with Crippen LogP contribution in [0.25, 0.3) is 0 Å². The average molecular weight is 292 g/mol. The second-order valence-corrected chi connectivity index (χ2v) is 4.46. The molecule has 0 aliphatic carbocycles. The highest BCUT2D eigenvalue weighted by molar-refractivity contribution is 9.10. The Bertz CT molecular complexity index is 520. The minimum absolute atomic E-state index is 0.231. The van der Waals surface area contributed by atoms with E-state index in [4.69, 9.17) is 0 Å². The standard InChI is InChI=1S/C13H10BrNO2/c14-11(13(17)10-7-4-8-15-10)12(16)9-5-2-1-3-6-9/h1-8,11,15H. The zero-order chi connectivity index (χ0) is 12.3. The highest BCUT2D eigenvalue weighted by Gasteiger charge is 2.25. The van der Waals surface area contributed by atoms with Crippen molar-refractivity contribution in [2.45, 2.75) is 4.83 Å². The molecular weight excluding hydrogens is 282 g/mol. The fourth-order valence-corrected chi connectivity index (χ4v) is 2.00. The first-order valence-electron chi connectivity index (χ1n) is 5.11. The number of ketones is 2. The van der Waals surface area contributed by atoms with Crippen molar-refractivity contribution in [3.8, 4) is 0 Å². The Morgan fingerprint density at radius 1 is 1.00 bits per heavy atom. The molecule has 0 saturated heterocycles. The van der Waals surface area contributed by atoms with Gasteiger partial charge in [0.05, 0.1) is 5.69 Å². The maximum absolute atomic E-state index is 12.0. The number of hydrogen-bond donors (Lipinski definition) is 1. The van der Waals surface area contributed by atoms with E-state index >= 15 is 0 Å². The third kappa shape index (κ3) is 2.53. The van der Waals surface area contributed by atoms with Crippen molar-refractivity contribution in [3.63, 3.8) is 0 Å². The Labute approximate surface area is 107 Å². The van der Waals surface area contributed by atoms with E-state index in [1.54, 1.807) is 42.6 Å². The smallest absolute Gasteiger partial charge is 0.200 e. The van der Waals surface area contributed by atoms with Gasteiger partial charge in [-0.15, -0.1) is 0 Å². The lowest BCUT2D eigenvalue weighted by atomic mass is 10.0. The molecule has 0 aliphatic heterocycles. The van der Waals surface area contributed by atoms with Gasteiger partial charge in [-0.25, -0.2) is 0 Å². The van der Waals surface area contributed by atoms with Crippen LogP contribution in [0.2, 0.25) is 0 Å². The number of alkyl halides is 1. The molecule has 0 aliphatic rings. The van der Waals surface area contributed by atoms with Crippen LogP contribution in [0.5, 0.6) is 0 Å². The molecule has 0 amide bonds. The lowest BCUT2D eigenvalue weighted by Crippen LogP contribution is -2.24. The van der Waals surface area contributed by atoms with Crippen LogP contribution in [0.3, 0.4) is 0 Å². The molecule has 2 aromatic rings. The Morgan fingerprint density at radius 3 is 2.29 bits per heavy atom. The Hall–Kier alpha value is -1.68. The number of carbonyl (C=O) groups is 2. The fourth-order valence-electron chi connectivity index (χ4n) is 1.49. The number of benzene rings is 1. The van der Waals surface area contributed by atoms with E-state index < -0.39 is 4.83 Å². The molecule has 0 saturated carbocycles. The van der Waals surface area contributed by atoms with Crippen LogP contribution < -0.4 is 0 Å². The SMILES string of the molecule is O=C(c1ccccc1)C(Br)C(=O)c1ccc[nH]1. The molecular formula is C13H10BrNO2. The summed E-state index contributed by atoms with van der Waals surface area (Å²) in [6, 6.07) is 12.1. The van der Waals surface area contributed by atoms with Crippen molar-refractivity contribution in [1.29, 1.82) is 0 Å². The average Bonchev–Trinajstić information content (AvgIpc) is 2.91. The van der Waals surface area contributed by atoms with E-state index in [1.165, 1.54) is 0 Å². The highest BCUT2D eigenvalue weighted by atomic mass is 79.9. The number of aromatic nitrogens is 1. The summed E-state index contributed by atoms with van der Waals surface area (Å²) in [4.78, 5) is 25.9. The molecule has 3 nitrogen and oxygen atoms in total. The van der Waals surface area contributed by atoms with Crippen molar-refractivity contribution >= 4 is 27.5 Å². The second kappa shape index (κ2) is 5.10. The normalized spacial score (nSPS) is 12.1.